The lowest BCUT2D eigenvalue weighted by atomic mass is 9.94. The van der Waals surface area contributed by atoms with Gasteiger partial charge in [0.1, 0.15) is 6.61 Å². The summed E-state index contributed by atoms with van der Waals surface area (Å²) < 4.78 is 5.13. The monoisotopic (exact) mass is 409 g/mol. The molecule has 1 aromatic carbocycles. The van der Waals surface area contributed by atoms with Gasteiger partial charge in [0.25, 0.3) is 0 Å². The smallest absolute Gasteiger partial charge is 0.416 e. The number of hydrogen-bond donors (Lipinski definition) is 0. The molecule has 1 heterocycles. The van der Waals surface area contributed by atoms with Gasteiger partial charge < -0.3 is 4.74 Å². The number of allylic oxidation sites excluding steroid dienone is 3. The molecule has 2 amide bonds. The molecule has 4 nitrogen and oxygen atoms in total. The van der Waals surface area contributed by atoms with Crippen molar-refractivity contribution in [1.82, 2.24) is 4.90 Å². The summed E-state index contributed by atoms with van der Waals surface area (Å²) in [6.07, 6.45) is 12.6. The van der Waals surface area contributed by atoms with E-state index in [0.29, 0.717) is 18.8 Å². The van der Waals surface area contributed by atoms with Crippen molar-refractivity contribution in [2.24, 2.45) is 0 Å². The van der Waals surface area contributed by atoms with E-state index in [1.165, 1.54) is 16.0 Å². The first-order chi connectivity index (χ1) is 14.5. The zero-order valence-electron chi connectivity index (χ0n) is 19.0. The molecule has 2 atom stereocenters. The fraction of sp³-hybridized carbons (Fsp3) is 0.462. The highest BCUT2D eigenvalue weighted by atomic mass is 16.6. The van der Waals surface area contributed by atoms with E-state index in [1.807, 2.05) is 32.9 Å². The van der Waals surface area contributed by atoms with Crippen LogP contribution in [0.5, 0.6) is 0 Å². The Morgan fingerprint density at radius 1 is 1.33 bits per heavy atom. The largest absolute Gasteiger partial charge is 0.447 e. The molecule has 162 valence electrons. The van der Waals surface area contributed by atoms with E-state index in [4.69, 9.17) is 11.2 Å². The van der Waals surface area contributed by atoms with Crippen LogP contribution in [0.4, 0.5) is 4.79 Å². The Balaban J connectivity index is 0.00000218. The van der Waals surface area contributed by atoms with Gasteiger partial charge in [0.05, 0.1) is 6.04 Å². The number of hydrogen-bond acceptors (Lipinski definition) is 3. The van der Waals surface area contributed by atoms with E-state index >= 15 is 0 Å². The SMILES string of the molecule is C#C/C=C\C(=C/C)C[C@H]1COC(=O)N1C(=O)CCCC(C)c1ccc(C)cc1.CC. The van der Waals surface area contributed by atoms with Crippen molar-refractivity contribution < 1.29 is 14.3 Å². The molecule has 1 saturated heterocycles. The van der Waals surface area contributed by atoms with Gasteiger partial charge >= 0.3 is 6.09 Å². The van der Waals surface area contributed by atoms with Crippen molar-refractivity contribution in [3.8, 4) is 12.3 Å². The lowest BCUT2D eigenvalue weighted by molar-refractivity contribution is -0.129. The second kappa shape index (κ2) is 13.4. The van der Waals surface area contributed by atoms with Gasteiger partial charge in [0.15, 0.2) is 0 Å². The maximum atomic E-state index is 12.7. The first-order valence-electron chi connectivity index (χ1n) is 10.8. The summed E-state index contributed by atoms with van der Waals surface area (Å²) in [5, 5.41) is 0. The Hall–Kier alpha value is -2.80. The Labute approximate surface area is 182 Å². The van der Waals surface area contributed by atoms with Gasteiger partial charge in [-0.05, 0) is 56.2 Å². The average molecular weight is 410 g/mol. The van der Waals surface area contributed by atoms with Gasteiger partial charge in [-0.25, -0.2) is 9.69 Å². The van der Waals surface area contributed by atoms with Crippen molar-refractivity contribution in [3.05, 3.63) is 59.2 Å². The summed E-state index contributed by atoms with van der Waals surface area (Å²) in [6.45, 7) is 10.4. The van der Waals surface area contributed by atoms with Crippen LogP contribution in [-0.2, 0) is 9.53 Å². The summed E-state index contributed by atoms with van der Waals surface area (Å²) >= 11 is 0. The maximum absolute atomic E-state index is 12.7. The predicted molar refractivity (Wildman–Crippen MR) is 123 cm³/mol. The van der Waals surface area contributed by atoms with Gasteiger partial charge in [-0.15, -0.1) is 6.42 Å². The standard InChI is InChI=1S/C24H29NO3.C2H6/c1-5-7-10-20(6-2)16-22-17-28-24(27)25(22)23(26)11-8-9-19(4)21-14-12-18(3)13-15-21;1-2/h1,6-7,10,12-15,19,22H,8-9,11,16-17H2,2-4H3;1-2H3/b10-7-,20-6+;/t19?,22-;/m0./s1. The molecule has 0 aliphatic carbocycles. The lowest BCUT2D eigenvalue weighted by Crippen LogP contribution is -2.39. The molecule has 0 bridgehead atoms. The number of terminal acetylenes is 1. The number of benzene rings is 1. The molecule has 1 unspecified atom stereocenters. The van der Waals surface area contributed by atoms with Gasteiger partial charge in [0.2, 0.25) is 5.91 Å². The molecular weight excluding hydrogens is 374 g/mol. The molecule has 0 saturated carbocycles. The van der Waals surface area contributed by atoms with Crippen LogP contribution in [0.2, 0.25) is 0 Å². The Kier molecular flexibility index (Phi) is 11.3. The summed E-state index contributed by atoms with van der Waals surface area (Å²) in [7, 11) is 0. The summed E-state index contributed by atoms with van der Waals surface area (Å²) in [5.74, 6) is 2.66. The molecular formula is C26H35NO3. The van der Waals surface area contributed by atoms with Crippen LogP contribution in [0.1, 0.15) is 70.4 Å². The highest BCUT2D eigenvalue weighted by Crippen LogP contribution is 2.24. The molecule has 1 aromatic rings. The van der Waals surface area contributed by atoms with Crippen LogP contribution in [0.3, 0.4) is 0 Å². The molecule has 30 heavy (non-hydrogen) atoms. The van der Waals surface area contributed by atoms with Crippen LogP contribution in [0, 0.1) is 19.3 Å². The lowest BCUT2D eigenvalue weighted by Gasteiger charge is -2.20. The van der Waals surface area contributed by atoms with E-state index in [1.54, 1.807) is 6.08 Å². The van der Waals surface area contributed by atoms with Crippen LogP contribution in [0.25, 0.3) is 0 Å². The second-order valence-electron chi connectivity index (χ2n) is 7.27. The molecule has 0 radical (unpaired) electrons. The molecule has 2 rings (SSSR count). The number of cyclic esters (lactones) is 1. The Morgan fingerprint density at radius 2 is 2.00 bits per heavy atom. The number of amides is 2. The summed E-state index contributed by atoms with van der Waals surface area (Å²) in [5.41, 5.74) is 3.49. The van der Waals surface area contributed by atoms with Crippen molar-refractivity contribution in [2.75, 3.05) is 6.61 Å². The maximum Gasteiger partial charge on any atom is 0.416 e. The normalized spacial score (nSPS) is 17.2. The van der Waals surface area contributed by atoms with E-state index in [2.05, 4.69) is 44.0 Å². The third-order valence-electron chi connectivity index (χ3n) is 5.14. The minimum absolute atomic E-state index is 0.167. The number of rotatable bonds is 8. The van der Waals surface area contributed by atoms with E-state index in [-0.39, 0.29) is 18.6 Å². The minimum Gasteiger partial charge on any atom is -0.447 e. The van der Waals surface area contributed by atoms with Gasteiger partial charge in [0, 0.05) is 6.42 Å². The summed E-state index contributed by atoms with van der Waals surface area (Å²) in [4.78, 5) is 26.0. The second-order valence-corrected chi connectivity index (χ2v) is 7.27. The fourth-order valence-corrected chi connectivity index (χ4v) is 3.37. The van der Waals surface area contributed by atoms with Crippen molar-refractivity contribution >= 4 is 12.0 Å². The molecule has 0 N–H and O–H groups in total. The number of aryl methyl sites for hydroxylation is 1. The highest BCUT2D eigenvalue weighted by molar-refractivity contribution is 5.93. The summed E-state index contributed by atoms with van der Waals surface area (Å²) in [6, 6.07) is 8.21. The molecule has 4 heteroatoms. The van der Waals surface area contributed by atoms with Crippen LogP contribution >= 0.6 is 0 Å². The molecule has 1 aliphatic heterocycles. The van der Waals surface area contributed by atoms with E-state index in [0.717, 1.165) is 18.4 Å². The Bertz CT molecular complexity index is 783. The quantitative estimate of drug-likeness (QED) is 0.381. The topological polar surface area (TPSA) is 46.6 Å². The van der Waals surface area contributed by atoms with Gasteiger partial charge in [-0.3, -0.25) is 4.79 Å². The Morgan fingerprint density at radius 3 is 2.60 bits per heavy atom. The molecule has 0 aromatic heterocycles. The number of imide groups is 1. The zero-order valence-corrected chi connectivity index (χ0v) is 19.0. The average Bonchev–Trinajstić information content (AvgIpc) is 3.12. The number of ether oxygens (including phenoxy) is 1. The predicted octanol–water partition coefficient (Wildman–Crippen LogP) is 6.17. The highest BCUT2D eigenvalue weighted by Gasteiger charge is 2.37. The van der Waals surface area contributed by atoms with E-state index in [9.17, 15) is 9.59 Å². The van der Waals surface area contributed by atoms with E-state index < -0.39 is 6.09 Å². The zero-order chi connectivity index (χ0) is 22.5. The molecule has 1 aliphatic rings. The molecule has 0 spiro atoms. The minimum atomic E-state index is -0.544. The van der Waals surface area contributed by atoms with Gasteiger partial charge in [-0.1, -0.05) is 68.7 Å². The fourth-order valence-electron chi connectivity index (χ4n) is 3.37. The van der Waals surface area contributed by atoms with Crippen molar-refractivity contribution in [1.29, 1.82) is 0 Å². The first-order valence-corrected chi connectivity index (χ1v) is 10.8. The number of nitrogens with zero attached hydrogens (tertiary/aromatic N) is 1. The van der Waals surface area contributed by atoms with Crippen molar-refractivity contribution in [2.45, 2.75) is 72.3 Å². The van der Waals surface area contributed by atoms with Gasteiger partial charge in [-0.2, -0.15) is 0 Å². The van der Waals surface area contributed by atoms with Crippen LogP contribution in [-0.4, -0.2) is 29.5 Å². The van der Waals surface area contributed by atoms with Crippen molar-refractivity contribution in [3.63, 3.8) is 0 Å². The van der Waals surface area contributed by atoms with Crippen LogP contribution in [0.15, 0.2) is 48.1 Å². The first kappa shape index (κ1) is 25.2. The third-order valence-corrected chi connectivity index (χ3v) is 5.14. The van der Waals surface area contributed by atoms with Crippen LogP contribution < -0.4 is 0 Å². The number of carbonyl (C=O) groups excluding carboxylic acids is 2. The number of carbonyl (C=O) groups is 2. The molecule has 1 fully saturated rings. The third kappa shape index (κ3) is 7.55.